The monoisotopic (exact) mass is 352 g/mol. The Kier molecular flexibility index (Phi) is 3.56. The zero-order valence-corrected chi connectivity index (χ0v) is 14.4. The third-order valence-corrected chi connectivity index (χ3v) is 6.08. The number of rotatable bonds is 3. The van der Waals surface area contributed by atoms with Gasteiger partial charge in [0.15, 0.2) is 6.17 Å². The van der Waals surface area contributed by atoms with Crippen LogP contribution in [-0.4, -0.2) is 33.4 Å². The van der Waals surface area contributed by atoms with E-state index < -0.39 is 28.3 Å². The summed E-state index contributed by atoms with van der Waals surface area (Å²) in [5.41, 5.74) is 1.11. The number of para-hydroxylation sites is 1. The number of amides is 1. The Morgan fingerprint density at radius 2 is 1.85 bits per heavy atom. The first-order chi connectivity index (χ1) is 12.4. The molecule has 2 aromatic carbocycles. The number of anilines is 1. The standard InChI is InChI=1S/C20H20N2O4/c1-20(18(23)24)11-15-14-9-5-6-10-16(14)21-17(15)22(20,19(25)26)12-13-7-3-2-4-8-13/h2-10,15,17,21H,11-12H2,1H3,(H-,23,24,25,26)/t15?,17?,20-,22?/m0/s1. The van der Waals surface area contributed by atoms with Crippen molar-refractivity contribution in [2.45, 2.75) is 37.5 Å². The van der Waals surface area contributed by atoms with Crippen LogP contribution in [-0.2, 0) is 11.3 Å². The lowest BCUT2D eigenvalue weighted by atomic mass is 9.89. The molecule has 134 valence electrons. The van der Waals surface area contributed by atoms with Gasteiger partial charge in [-0.05, 0) is 11.6 Å². The van der Waals surface area contributed by atoms with Crippen molar-refractivity contribution in [2.75, 3.05) is 5.32 Å². The molecule has 26 heavy (non-hydrogen) atoms. The van der Waals surface area contributed by atoms with Crippen LogP contribution in [0.2, 0.25) is 0 Å². The number of likely N-dealkylation sites (tertiary alicyclic amines) is 1. The van der Waals surface area contributed by atoms with Crippen molar-refractivity contribution in [3.63, 3.8) is 0 Å². The predicted octanol–water partition coefficient (Wildman–Crippen LogP) is 2.13. The van der Waals surface area contributed by atoms with E-state index >= 15 is 0 Å². The molecule has 1 fully saturated rings. The minimum Gasteiger partial charge on any atom is -0.498 e. The Morgan fingerprint density at radius 3 is 2.50 bits per heavy atom. The van der Waals surface area contributed by atoms with E-state index in [9.17, 15) is 19.8 Å². The van der Waals surface area contributed by atoms with Gasteiger partial charge in [0.25, 0.3) is 6.09 Å². The minimum atomic E-state index is -1.50. The van der Waals surface area contributed by atoms with Gasteiger partial charge in [-0.2, -0.15) is 0 Å². The third-order valence-electron chi connectivity index (χ3n) is 6.08. The molecule has 0 aliphatic carbocycles. The van der Waals surface area contributed by atoms with Gasteiger partial charge in [0.05, 0.1) is 5.92 Å². The molecule has 6 nitrogen and oxygen atoms in total. The van der Waals surface area contributed by atoms with Crippen molar-refractivity contribution in [3.8, 4) is 0 Å². The molecule has 1 amide bonds. The number of hydrogen-bond acceptors (Lipinski definition) is 4. The molecule has 0 saturated carbocycles. The molecule has 3 unspecified atom stereocenters. The van der Waals surface area contributed by atoms with E-state index in [2.05, 4.69) is 5.32 Å². The molecule has 0 aromatic heterocycles. The van der Waals surface area contributed by atoms with Crippen LogP contribution < -0.4 is 10.4 Å². The van der Waals surface area contributed by atoms with E-state index in [1.165, 1.54) is 6.92 Å². The molecular formula is C20H20N2O4. The maximum atomic E-state index is 12.5. The van der Waals surface area contributed by atoms with Crippen molar-refractivity contribution in [1.82, 2.24) is 0 Å². The van der Waals surface area contributed by atoms with Crippen LogP contribution in [0.4, 0.5) is 10.5 Å². The van der Waals surface area contributed by atoms with E-state index in [0.29, 0.717) is 0 Å². The number of carbonyl (C=O) groups excluding carboxylic acids is 1. The van der Waals surface area contributed by atoms with Gasteiger partial charge in [0.1, 0.15) is 6.54 Å². The van der Waals surface area contributed by atoms with Crippen molar-refractivity contribution in [2.24, 2.45) is 0 Å². The molecule has 2 aromatic rings. The second kappa shape index (κ2) is 5.57. The van der Waals surface area contributed by atoms with Gasteiger partial charge >= 0.3 is 5.97 Å². The molecule has 6 heteroatoms. The summed E-state index contributed by atoms with van der Waals surface area (Å²) >= 11 is 0. The fourth-order valence-electron chi connectivity index (χ4n) is 4.70. The van der Waals surface area contributed by atoms with Crippen molar-refractivity contribution >= 4 is 17.7 Å². The van der Waals surface area contributed by atoms with Crippen molar-refractivity contribution in [1.29, 1.82) is 0 Å². The Bertz CT molecular complexity index is 884. The minimum absolute atomic E-state index is 0.0497. The number of carboxylic acids is 1. The molecule has 0 spiro atoms. The first kappa shape index (κ1) is 16.6. The lowest BCUT2D eigenvalue weighted by Gasteiger charge is -2.47. The summed E-state index contributed by atoms with van der Waals surface area (Å²) in [4.78, 5) is 24.7. The van der Waals surface area contributed by atoms with E-state index in [1.807, 2.05) is 54.6 Å². The van der Waals surface area contributed by atoms with Crippen LogP contribution in [0.25, 0.3) is 0 Å². The van der Waals surface area contributed by atoms with Gasteiger partial charge < -0.3 is 20.3 Å². The van der Waals surface area contributed by atoms with Gasteiger partial charge in [-0.1, -0.05) is 48.5 Å². The van der Waals surface area contributed by atoms with E-state index in [-0.39, 0.29) is 18.9 Å². The fourth-order valence-corrected chi connectivity index (χ4v) is 4.70. The second-order valence-corrected chi connectivity index (χ2v) is 7.34. The van der Waals surface area contributed by atoms with Crippen LogP contribution in [0.3, 0.4) is 0 Å². The molecule has 2 N–H and O–H groups in total. The highest BCUT2D eigenvalue weighted by Gasteiger charge is 2.69. The van der Waals surface area contributed by atoms with E-state index in [1.54, 1.807) is 0 Å². The number of fused-ring (bicyclic) bond motifs is 3. The molecule has 2 aliphatic rings. The molecule has 1 saturated heterocycles. The van der Waals surface area contributed by atoms with Crippen LogP contribution in [0, 0.1) is 0 Å². The Hall–Kier alpha value is -2.86. The lowest BCUT2D eigenvalue weighted by molar-refractivity contribution is -0.932. The van der Waals surface area contributed by atoms with E-state index in [0.717, 1.165) is 16.8 Å². The number of nitrogens with one attached hydrogen (secondary N) is 1. The zero-order chi connectivity index (χ0) is 18.5. The maximum absolute atomic E-state index is 12.5. The molecule has 0 bridgehead atoms. The first-order valence-corrected chi connectivity index (χ1v) is 8.62. The quantitative estimate of drug-likeness (QED) is 0.826. The molecular weight excluding hydrogens is 332 g/mol. The van der Waals surface area contributed by atoms with E-state index in [4.69, 9.17) is 0 Å². The molecule has 4 rings (SSSR count). The molecule has 4 atom stereocenters. The molecule has 2 aliphatic heterocycles. The maximum Gasteiger partial charge on any atom is 0.366 e. The Morgan fingerprint density at radius 1 is 1.19 bits per heavy atom. The van der Waals surface area contributed by atoms with Crippen LogP contribution in [0.1, 0.15) is 30.4 Å². The van der Waals surface area contributed by atoms with Crippen LogP contribution >= 0.6 is 0 Å². The SMILES string of the molecule is C[C@@]1(C(=O)O)CC2c3ccccc3NC2[N+]1(Cc1ccccc1)C(=O)[O-]. The normalized spacial score (nSPS) is 31.7. The highest BCUT2D eigenvalue weighted by molar-refractivity contribution is 5.81. The number of benzene rings is 2. The fraction of sp³-hybridized carbons (Fsp3) is 0.300. The Balaban J connectivity index is 1.89. The summed E-state index contributed by atoms with van der Waals surface area (Å²) < 4.78 is -0.675. The lowest BCUT2D eigenvalue weighted by Crippen LogP contribution is -2.73. The van der Waals surface area contributed by atoms with Crippen molar-refractivity contribution < 1.29 is 24.3 Å². The van der Waals surface area contributed by atoms with Crippen LogP contribution in [0.5, 0.6) is 0 Å². The highest BCUT2D eigenvalue weighted by Crippen LogP contribution is 2.55. The summed E-state index contributed by atoms with van der Waals surface area (Å²) in [6.07, 6.45) is -1.72. The Labute approximate surface area is 151 Å². The average molecular weight is 352 g/mol. The number of quaternary nitrogens is 1. The van der Waals surface area contributed by atoms with Gasteiger partial charge in [0, 0.05) is 24.6 Å². The molecule has 2 heterocycles. The number of carbonyl (C=O) groups is 2. The van der Waals surface area contributed by atoms with Gasteiger partial charge in [-0.3, -0.25) is 0 Å². The average Bonchev–Trinajstić information content (AvgIpc) is 3.09. The van der Waals surface area contributed by atoms with Gasteiger partial charge in [-0.25, -0.2) is 9.28 Å². The summed E-state index contributed by atoms with van der Waals surface area (Å²) in [7, 11) is 0. The van der Waals surface area contributed by atoms with Crippen LogP contribution in [0.15, 0.2) is 54.6 Å². The predicted molar refractivity (Wildman–Crippen MR) is 93.1 cm³/mol. The number of nitrogens with zero attached hydrogens (tertiary/aromatic N) is 1. The second-order valence-electron chi connectivity index (χ2n) is 7.34. The summed E-state index contributed by atoms with van der Waals surface area (Å²) in [5, 5.41) is 25.8. The van der Waals surface area contributed by atoms with Gasteiger partial charge in [0.2, 0.25) is 5.54 Å². The number of hydrogen-bond donors (Lipinski definition) is 2. The van der Waals surface area contributed by atoms with Gasteiger partial charge in [-0.15, -0.1) is 0 Å². The summed E-state index contributed by atoms with van der Waals surface area (Å²) in [6.45, 7) is 1.57. The highest BCUT2D eigenvalue weighted by atomic mass is 16.4. The smallest absolute Gasteiger partial charge is 0.366 e. The summed E-state index contributed by atoms with van der Waals surface area (Å²) in [5.74, 6) is -1.32. The summed E-state index contributed by atoms with van der Waals surface area (Å²) in [6, 6.07) is 16.7. The number of carboxylic acid groups (broad SMARTS) is 2. The number of aliphatic carboxylic acids is 1. The topological polar surface area (TPSA) is 89.5 Å². The third kappa shape index (κ3) is 2.02. The largest absolute Gasteiger partial charge is 0.498 e. The molecule has 0 radical (unpaired) electrons. The first-order valence-electron chi connectivity index (χ1n) is 8.62. The zero-order valence-electron chi connectivity index (χ0n) is 14.4. The van der Waals surface area contributed by atoms with Crippen molar-refractivity contribution in [3.05, 3.63) is 65.7 Å².